The molecule has 0 bridgehead atoms. The topological polar surface area (TPSA) is 70.1 Å². The second-order valence-electron chi connectivity index (χ2n) is 5.10. The number of amides is 1. The maximum Gasteiger partial charge on any atom is 0.284 e. The number of nitrogens with zero attached hydrogens (tertiary/aromatic N) is 2. The highest BCUT2D eigenvalue weighted by Crippen LogP contribution is 2.24. The minimum Gasteiger partial charge on any atom is -0.381 e. The van der Waals surface area contributed by atoms with Crippen LogP contribution in [-0.4, -0.2) is 28.7 Å². The van der Waals surface area contributed by atoms with Crippen molar-refractivity contribution in [1.82, 2.24) is 9.55 Å². The lowest BCUT2D eigenvalue weighted by molar-refractivity contribution is 0.0612. The Kier molecular flexibility index (Phi) is 3.63. The molecular weight excluding hydrogens is 278 g/mol. The number of fused-ring (bicyclic) bond motifs is 1. The Labute approximate surface area is 121 Å². The van der Waals surface area contributed by atoms with Gasteiger partial charge in [-0.2, -0.15) is 0 Å². The zero-order valence-corrected chi connectivity index (χ0v) is 11.8. The second kappa shape index (κ2) is 5.42. The Bertz CT molecular complexity index is 647. The van der Waals surface area contributed by atoms with Crippen LogP contribution in [0.25, 0.3) is 11.0 Å². The number of carbonyl (C=O) groups is 1. The van der Waals surface area contributed by atoms with E-state index >= 15 is 0 Å². The minimum absolute atomic E-state index is 0.300. The molecule has 106 valence electrons. The van der Waals surface area contributed by atoms with E-state index in [0.717, 1.165) is 38.1 Å². The molecule has 0 radical (unpaired) electrons. The number of carbonyl (C=O) groups excluding carboxylic acids is 1. The van der Waals surface area contributed by atoms with Gasteiger partial charge in [0.2, 0.25) is 0 Å². The van der Waals surface area contributed by atoms with Gasteiger partial charge in [-0.05, 0) is 37.0 Å². The molecular formula is C14H16ClN3O2. The normalized spacial score (nSPS) is 16.6. The first-order valence-electron chi connectivity index (χ1n) is 6.68. The van der Waals surface area contributed by atoms with Crippen molar-refractivity contribution in [3.8, 4) is 0 Å². The first kappa shape index (κ1) is 13.4. The zero-order valence-electron chi connectivity index (χ0n) is 11.0. The van der Waals surface area contributed by atoms with Crippen molar-refractivity contribution >= 4 is 28.5 Å². The number of aromatic nitrogens is 2. The van der Waals surface area contributed by atoms with Gasteiger partial charge < -0.3 is 15.0 Å². The van der Waals surface area contributed by atoms with Gasteiger partial charge in [-0.25, -0.2) is 4.98 Å². The first-order chi connectivity index (χ1) is 9.65. The number of primary amides is 1. The molecule has 0 aliphatic carbocycles. The molecule has 20 heavy (non-hydrogen) atoms. The molecule has 0 spiro atoms. The van der Waals surface area contributed by atoms with Crippen molar-refractivity contribution in [2.24, 2.45) is 11.7 Å². The lowest BCUT2D eigenvalue weighted by Crippen LogP contribution is -2.24. The Morgan fingerprint density at radius 1 is 1.45 bits per heavy atom. The number of nitrogens with two attached hydrogens (primary N) is 1. The molecule has 5 nitrogen and oxygen atoms in total. The van der Waals surface area contributed by atoms with Crippen molar-refractivity contribution in [3.63, 3.8) is 0 Å². The van der Waals surface area contributed by atoms with E-state index in [9.17, 15) is 4.79 Å². The van der Waals surface area contributed by atoms with Crippen molar-refractivity contribution in [1.29, 1.82) is 0 Å². The maximum atomic E-state index is 11.6. The van der Waals surface area contributed by atoms with Crippen LogP contribution in [0.4, 0.5) is 0 Å². The van der Waals surface area contributed by atoms with Gasteiger partial charge in [-0.1, -0.05) is 11.6 Å². The highest BCUT2D eigenvalue weighted by atomic mass is 35.5. The second-order valence-corrected chi connectivity index (χ2v) is 5.54. The number of halogens is 1. The predicted molar refractivity (Wildman–Crippen MR) is 76.8 cm³/mol. The lowest BCUT2D eigenvalue weighted by atomic mass is 10.0. The number of hydrogen-bond acceptors (Lipinski definition) is 3. The zero-order chi connectivity index (χ0) is 14.1. The van der Waals surface area contributed by atoms with Crippen LogP contribution in [0.1, 0.15) is 23.5 Å². The molecule has 1 aromatic heterocycles. The molecule has 2 N–H and O–H groups in total. The van der Waals surface area contributed by atoms with Crippen LogP contribution < -0.4 is 5.73 Å². The summed E-state index contributed by atoms with van der Waals surface area (Å²) in [5, 5.41) is 0.601. The third-order valence-electron chi connectivity index (χ3n) is 3.71. The lowest BCUT2D eigenvalue weighted by Gasteiger charge is -2.23. The van der Waals surface area contributed by atoms with Crippen molar-refractivity contribution in [3.05, 3.63) is 29.0 Å². The number of hydrogen-bond donors (Lipinski definition) is 1. The monoisotopic (exact) mass is 293 g/mol. The summed E-state index contributed by atoms with van der Waals surface area (Å²) in [5.74, 6) is 0.271. The molecule has 0 unspecified atom stereocenters. The van der Waals surface area contributed by atoms with E-state index < -0.39 is 5.91 Å². The van der Waals surface area contributed by atoms with Gasteiger partial charge in [0.25, 0.3) is 5.91 Å². The third kappa shape index (κ3) is 2.51. The molecule has 2 aromatic rings. The SMILES string of the molecule is NC(=O)c1nc2cc(Cl)ccc2n1CC1CCOCC1. The van der Waals surface area contributed by atoms with E-state index in [4.69, 9.17) is 22.1 Å². The molecule has 6 heteroatoms. The van der Waals surface area contributed by atoms with Gasteiger partial charge in [0.05, 0.1) is 11.0 Å². The molecule has 1 aromatic carbocycles. The maximum absolute atomic E-state index is 11.6. The van der Waals surface area contributed by atoms with Gasteiger partial charge in [0, 0.05) is 24.8 Å². The molecule has 1 aliphatic heterocycles. The van der Waals surface area contributed by atoms with Crippen molar-refractivity contribution in [2.45, 2.75) is 19.4 Å². The van der Waals surface area contributed by atoms with Crippen LogP contribution in [0.2, 0.25) is 5.02 Å². The fourth-order valence-electron chi connectivity index (χ4n) is 2.66. The summed E-state index contributed by atoms with van der Waals surface area (Å²) in [6.07, 6.45) is 1.98. The number of imidazole rings is 1. The quantitative estimate of drug-likeness (QED) is 0.943. The van der Waals surface area contributed by atoms with E-state index in [2.05, 4.69) is 4.98 Å². The largest absolute Gasteiger partial charge is 0.381 e. The van der Waals surface area contributed by atoms with E-state index in [0.29, 0.717) is 22.3 Å². The smallest absolute Gasteiger partial charge is 0.284 e. The van der Waals surface area contributed by atoms with E-state index in [1.54, 1.807) is 12.1 Å². The predicted octanol–water partition coefficient (Wildman–Crippen LogP) is 2.22. The third-order valence-corrected chi connectivity index (χ3v) is 3.95. The summed E-state index contributed by atoms with van der Waals surface area (Å²) >= 11 is 5.97. The van der Waals surface area contributed by atoms with Gasteiger partial charge >= 0.3 is 0 Å². The van der Waals surface area contributed by atoms with Crippen LogP contribution in [0.15, 0.2) is 18.2 Å². The molecule has 2 heterocycles. The van der Waals surface area contributed by atoms with Crippen molar-refractivity contribution < 1.29 is 9.53 Å². The highest BCUT2D eigenvalue weighted by Gasteiger charge is 2.20. The Morgan fingerprint density at radius 2 is 2.20 bits per heavy atom. The standard InChI is InChI=1S/C14H16ClN3O2/c15-10-1-2-12-11(7-10)17-14(13(16)19)18(12)8-9-3-5-20-6-4-9/h1-2,7,9H,3-6,8H2,(H2,16,19). The van der Waals surface area contributed by atoms with Crippen LogP contribution in [0.5, 0.6) is 0 Å². The summed E-state index contributed by atoms with van der Waals surface area (Å²) in [6, 6.07) is 5.44. The average molecular weight is 294 g/mol. The van der Waals surface area contributed by atoms with E-state index in [1.807, 2.05) is 10.6 Å². The fourth-order valence-corrected chi connectivity index (χ4v) is 2.83. The van der Waals surface area contributed by atoms with Crippen LogP contribution in [0, 0.1) is 5.92 Å². The molecule has 1 aliphatic rings. The summed E-state index contributed by atoms with van der Waals surface area (Å²) in [4.78, 5) is 15.9. The van der Waals surface area contributed by atoms with Crippen molar-refractivity contribution in [2.75, 3.05) is 13.2 Å². The van der Waals surface area contributed by atoms with Gasteiger partial charge in [0.15, 0.2) is 5.82 Å². The molecule has 0 saturated carbocycles. The Balaban J connectivity index is 2.01. The Hall–Kier alpha value is -1.59. The summed E-state index contributed by atoms with van der Waals surface area (Å²) in [6.45, 7) is 2.28. The van der Waals surface area contributed by atoms with Gasteiger partial charge in [-0.15, -0.1) is 0 Å². The molecule has 0 atom stereocenters. The molecule has 1 fully saturated rings. The number of rotatable bonds is 3. The number of benzene rings is 1. The molecule has 1 amide bonds. The number of ether oxygens (including phenoxy) is 1. The first-order valence-corrected chi connectivity index (χ1v) is 7.06. The van der Waals surface area contributed by atoms with E-state index in [-0.39, 0.29) is 0 Å². The molecule has 1 saturated heterocycles. The summed E-state index contributed by atoms with van der Waals surface area (Å²) < 4.78 is 7.27. The Morgan fingerprint density at radius 3 is 2.90 bits per heavy atom. The molecule has 3 rings (SSSR count). The fraction of sp³-hybridized carbons (Fsp3) is 0.429. The van der Waals surface area contributed by atoms with Gasteiger partial charge in [-0.3, -0.25) is 4.79 Å². The summed E-state index contributed by atoms with van der Waals surface area (Å²) in [7, 11) is 0. The van der Waals surface area contributed by atoms with Gasteiger partial charge in [0.1, 0.15) is 0 Å². The van der Waals surface area contributed by atoms with Crippen LogP contribution in [0.3, 0.4) is 0 Å². The highest BCUT2D eigenvalue weighted by molar-refractivity contribution is 6.31. The van der Waals surface area contributed by atoms with Crippen LogP contribution in [-0.2, 0) is 11.3 Å². The van der Waals surface area contributed by atoms with E-state index in [1.165, 1.54) is 0 Å². The minimum atomic E-state index is -0.510. The van der Waals surface area contributed by atoms with Crippen LogP contribution >= 0.6 is 11.6 Å². The summed E-state index contributed by atoms with van der Waals surface area (Å²) in [5.41, 5.74) is 7.05. The average Bonchev–Trinajstić information content (AvgIpc) is 2.78.